The number of Topliss-reactive ketones (excluding diaryl/α,β-unsaturated/α-hetero) is 1. The van der Waals surface area contributed by atoms with E-state index in [1.165, 1.54) is 24.4 Å². The van der Waals surface area contributed by atoms with Crippen LogP contribution < -0.4 is 0 Å². The van der Waals surface area contributed by atoms with Gasteiger partial charge in [0, 0.05) is 25.0 Å². The summed E-state index contributed by atoms with van der Waals surface area (Å²) < 4.78 is 46.3. The van der Waals surface area contributed by atoms with Crippen molar-refractivity contribution >= 4 is 38.3 Å². The van der Waals surface area contributed by atoms with Crippen LogP contribution in [0, 0.1) is 5.82 Å². The number of halogens is 2. The molecule has 0 unspecified atom stereocenters. The number of ketones is 1. The summed E-state index contributed by atoms with van der Waals surface area (Å²) in [7, 11) is -3.70. The second kappa shape index (κ2) is 7.85. The van der Waals surface area contributed by atoms with Crippen LogP contribution in [-0.4, -0.2) is 41.9 Å². The number of nitrogens with zero attached hydrogens (tertiary/aromatic N) is 2. The zero-order valence-corrected chi connectivity index (χ0v) is 16.9. The molecule has 2 aromatic carbocycles. The van der Waals surface area contributed by atoms with Crippen molar-refractivity contribution in [2.45, 2.75) is 24.5 Å². The fraction of sp³-hybridized carbons (Fsp3) is 0.300. The van der Waals surface area contributed by atoms with E-state index in [-0.39, 0.29) is 17.0 Å². The average Bonchev–Trinajstić information content (AvgIpc) is 3.12. The molecule has 0 spiro atoms. The van der Waals surface area contributed by atoms with Crippen molar-refractivity contribution in [3.8, 4) is 0 Å². The fourth-order valence-corrected chi connectivity index (χ4v) is 5.46. The minimum Gasteiger partial charge on any atom is -0.381 e. The molecule has 0 bridgehead atoms. The van der Waals surface area contributed by atoms with E-state index < -0.39 is 26.9 Å². The molecule has 1 aliphatic heterocycles. The molecule has 0 N–H and O–H groups in total. The number of benzene rings is 2. The van der Waals surface area contributed by atoms with Gasteiger partial charge in [-0.25, -0.2) is 12.8 Å². The van der Waals surface area contributed by atoms with Gasteiger partial charge in [-0.15, -0.1) is 0 Å². The smallest absolute Gasteiger partial charge is 0.257 e. The summed E-state index contributed by atoms with van der Waals surface area (Å²) in [4.78, 5) is 12.6. The maximum atomic E-state index is 14.0. The molecular formula is C20H18ClFN2O4S. The summed E-state index contributed by atoms with van der Waals surface area (Å²) in [6.07, 6.45) is 2.19. The largest absolute Gasteiger partial charge is 0.381 e. The molecule has 1 aromatic heterocycles. The Hall–Kier alpha value is -2.29. The van der Waals surface area contributed by atoms with Crippen molar-refractivity contribution in [2.24, 2.45) is 0 Å². The molecule has 4 rings (SSSR count). The molecule has 29 heavy (non-hydrogen) atoms. The van der Waals surface area contributed by atoms with Gasteiger partial charge in [0.2, 0.25) is 0 Å². The third-order valence-corrected chi connectivity index (χ3v) is 7.44. The molecule has 9 heteroatoms. The van der Waals surface area contributed by atoms with Crippen molar-refractivity contribution in [3.05, 3.63) is 64.6 Å². The standard InChI is InChI=1S/C20H18ClFN2O4S/c21-16-2-1-3-17(22)20(16)19(25)11-13-4-5-14-12-23-24(18(14)10-13)29(26,27)15-6-8-28-9-7-15/h1-5,10,12,15H,6-9,11H2. The van der Waals surface area contributed by atoms with Crippen LogP contribution in [0.2, 0.25) is 5.02 Å². The van der Waals surface area contributed by atoms with Gasteiger partial charge in [0.15, 0.2) is 5.78 Å². The highest BCUT2D eigenvalue weighted by Gasteiger charge is 2.31. The van der Waals surface area contributed by atoms with Crippen LogP contribution in [0.25, 0.3) is 10.9 Å². The molecule has 1 saturated heterocycles. The molecular weight excluding hydrogens is 419 g/mol. The van der Waals surface area contributed by atoms with Gasteiger partial charge in [0.25, 0.3) is 10.0 Å². The Balaban J connectivity index is 1.68. The lowest BCUT2D eigenvalue weighted by Gasteiger charge is -2.22. The number of aromatic nitrogens is 2. The Morgan fingerprint density at radius 1 is 1.24 bits per heavy atom. The van der Waals surface area contributed by atoms with Crippen molar-refractivity contribution < 1.29 is 22.3 Å². The van der Waals surface area contributed by atoms with Crippen LogP contribution in [-0.2, 0) is 21.2 Å². The quantitative estimate of drug-likeness (QED) is 0.571. The maximum absolute atomic E-state index is 14.0. The minimum absolute atomic E-state index is 0.0446. The number of fused-ring (bicyclic) bond motifs is 1. The van der Waals surface area contributed by atoms with E-state index in [1.807, 2.05) is 0 Å². The van der Waals surface area contributed by atoms with Crippen LogP contribution in [0.3, 0.4) is 0 Å². The molecule has 3 aromatic rings. The number of hydrogen-bond acceptors (Lipinski definition) is 5. The van der Waals surface area contributed by atoms with Crippen LogP contribution in [0.15, 0.2) is 42.6 Å². The Bertz CT molecular complexity index is 1170. The second-order valence-electron chi connectivity index (χ2n) is 6.93. The predicted octanol–water partition coefficient (Wildman–Crippen LogP) is 3.61. The number of rotatable bonds is 5. The van der Waals surface area contributed by atoms with Gasteiger partial charge in [-0.3, -0.25) is 4.79 Å². The summed E-state index contributed by atoms with van der Waals surface area (Å²) in [5, 5.41) is 4.19. The van der Waals surface area contributed by atoms with Crippen molar-refractivity contribution in [2.75, 3.05) is 13.2 Å². The molecule has 2 heterocycles. The van der Waals surface area contributed by atoms with E-state index in [1.54, 1.807) is 18.2 Å². The highest BCUT2D eigenvalue weighted by atomic mass is 35.5. The molecule has 0 saturated carbocycles. The molecule has 1 fully saturated rings. The first-order valence-corrected chi connectivity index (χ1v) is 11.0. The SMILES string of the molecule is O=C(Cc1ccc2cnn(S(=O)(=O)C3CCOCC3)c2c1)c1c(F)cccc1Cl. The van der Waals surface area contributed by atoms with E-state index in [4.69, 9.17) is 16.3 Å². The van der Waals surface area contributed by atoms with Crippen molar-refractivity contribution in [1.82, 2.24) is 9.19 Å². The van der Waals surface area contributed by atoms with E-state index in [0.29, 0.717) is 42.5 Å². The van der Waals surface area contributed by atoms with Crippen molar-refractivity contribution in [3.63, 3.8) is 0 Å². The van der Waals surface area contributed by atoms with Gasteiger partial charge in [0.1, 0.15) is 5.82 Å². The van der Waals surface area contributed by atoms with E-state index in [0.717, 1.165) is 4.09 Å². The van der Waals surface area contributed by atoms with E-state index in [2.05, 4.69) is 5.10 Å². The van der Waals surface area contributed by atoms with Gasteiger partial charge >= 0.3 is 0 Å². The molecule has 0 amide bonds. The van der Waals surface area contributed by atoms with Crippen LogP contribution in [0.1, 0.15) is 28.8 Å². The predicted molar refractivity (Wildman–Crippen MR) is 107 cm³/mol. The Morgan fingerprint density at radius 3 is 2.72 bits per heavy atom. The van der Waals surface area contributed by atoms with Gasteiger partial charge in [-0.05, 0) is 36.6 Å². The lowest BCUT2D eigenvalue weighted by molar-refractivity contribution is 0.0980. The van der Waals surface area contributed by atoms with Crippen LogP contribution in [0.4, 0.5) is 4.39 Å². The number of carbonyl (C=O) groups is 1. The highest BCUT2D eigenvalue weighted by molar-refractivity contribution is 7.90. The average molecular weight is 437 g/mol. The first kappa shape index (κ1) is 20.0. The van der Waals surface area contributed by atoms with Crippen molar-refractivity contribution in [1.29, 1.82) is 0 Å². The monoisotopic (exact) mass is 436 g/mol. The normalized spacial score (nSPS) is 15.7. The van der Waals surface area contributed by atoms with Gasteiger partial charge < -0.3 is 4.74 Å². The highest BCUT2D eigenvalue weighted by Crippen LogP contribution is 2.25. The number of hydrogen-bond donors (Lipinski definition) is 0. The Kier molecular flexibility index (Phi) is 5.42. The lowest BCUT2D eigenvalue weighted by Crippen LogP contribution is -2.33. The molecule has 0 atom stereocenters. The van der Waals surface area contributed by atoms with E-state index >= 15 is 0 Å². The molecule has 0 radical (unpaired) electrons. The van der Waals surface area contributed by atoms with Crippen LogP contribution >= 0.6 is 11.6 Å². The Labute approximate surface area is 172 Å². The first-order valence-electron chi connectivity index (χ1n) is 9.14. The van der Waals surface area contributed by atoms with Crippen LogP contribution in [0.5, 0.6) is 0 Å². The van der Waals surface area contributed by atoms with Gasteiger partial charge in [0.05, 0.1) is 27.5 Å². The summed E-state index contributed by atoms with van der Waals surface area (Å²) in [5.41, 5.74) is 0.768. The number of ether oxygens (including phenoxy) is 1. The lowest BCUT2D eigenvalue weighted by atomic mass is 10.0. The minimum atomic E-state index is -3.70. The van der Waals surface area contributed by atoms with Gasteiger partial charge in [-0.2, -0.15) is 9.19 Å². The molecule has 1 aliphatic rings. The maximum Gasteiger partial charge on any atom is 0.257 e. The second-order valence-corrected chi connectivity index (χ2v) is 9.38. The zero-order valence-electron chi connectivity index (χ0n) is 15.3. The third kappa shape index (κ3) is 3.80. The molecule has 6 nitrogen and oxygen atoms in total. The summed E-state index contributed by atoms with van der Waals surface area (Å²) >= 11 is 5.97. The fourth-order valence-electron chi connectivity index (χ4n) is 3.51. The summed E-state index contributed by atoms with van der Waals surface area (Å²) in [6.45, 7) is 0.790. The summed E-state index contributed by atoms with van der Waals surface area (Å²) in [6, 6.07) is 9.06. The molecule has 0 aliphatic carbocycles. The van der Waals surface area contributed by atoms with E-state index in [9.17, 15) is 17.6 Å². The Morgan fingerprint density at radius 2 is 2.00 bits per heavy atom. The number of carbonyl (C=O) groups excluding carboxylic acids is 1. The first-order chi connectivity index (χ1) is 13.9. The zero-order chi connectivity index (χ0) is 20.6. The van der Waals surface area contributed by atoms with Gasteiger partial charge in [-0.1, -0.05) is 29.8 Å². The third-order valence-electron chi connectivity index (χ3n) is 5.04. The molecule has 152 valence electrons. The topological polar surface area (TPSA) is 78.3 Å². The summed E-state index contributed by atoms with van der Waals surface area (Å²) in [5.74, 6) is -1.17.